The Morgan fingerprint density at radius 3 is 2.71 bits per heavy atom. The number of rotatable bonds is 5. The van der Waals surface area contributed by atoms with Crippen molar-refractivity contribution in [3.05, 3.63) is 56.0 Å². The number of nitrogens with zero attached hydrogens (tertiary/aromatic N) is 1. The first-order valence-corrected chi connectivity index (χ1v) is 8.65. The number of halogens is 2. The highest BCUT2D eigenvalue weighted by molar-refractivity contribution is 9.11. The lowest BCUT2D eigenvalue weighted by Crippen LogP contribution is -2.24. The van der Waals surface area contributed by atoms with Crippen molar-refractivity contribution in [2.75, 3.05) is 6.61 Å². The molecule has 1 amide bonds. The molecule has 0 saturated carbocycles. The van der Waals surface area contributed by atoms with Gasteiger partial charge in [0.2, 0.25) is 0 Å². The molecule has 2 rings (SSSR count). The SMILES string of the molecule is Cc1ccc(OCC(=O)N/N=C\c2cc(O)c(Br)cc2Br)c(C)c1. The maximum absolute atomic E-state index is 11.8. The van der Waals surface area contributed by atoms with Crippen molar-refractivity contribution in [1.29, 1.82) is 0 Å². The number of hydrogen-bond acceptors (Lipinski definition) is 4. The van der Waals surface area contributed by atoms with Gasteiger partial charge in [0.15, 0.2) is 6.61 Å². The van der Waals surface area contributed by atoms with Gasteiger partial charge in [0.05, 0.1) is 10.7 Å². The fourth-order valence-corrected chi connectivity index (χ4v) is 3.06. The third kappa shape index (κ3) is 5.07. The highest BCUT2D eigenvalue weighted by Crippen LogP contribution is 2.29. The van der Waals surface area contributed by atoms with Crippen LogP contribution in [0.1, 0.15) is 16.7 Å². The zero-order chi connectivity index (χ0) is 17.7. The third-order valence-corrected chi connectivity index (χ3v) is 4.47. The molecule has 0 aliphatic rings. The molecule has 0 saturated heterocycles. The Morgan fingerprint density at radius 1 is 1.25 bits per heavy atom. The summed E-state index contributed by atoms with van der Waals surface area (Å²) < 4.78 is 6.77. The van der Waals surface area contributed by atoms with Gasteiger partial charge in [0.25, 0.3) is 5.91 Å². The predicted molar refractivity (Wildman–Crippen MR) is 101 cm³/mol. The number of aryl methyl sites for hydroxylation is 2. The molecule has 24 heavy (non-hydrogen) atoms. The molecule has 126 valence electrons. The zero-order valence-corrected chi connectivity index (χ0v) is 16.3. The first-order valence-electron chi connectivity index (χ1n) is 7.07. The second-order valence-corrected chi connectivity index (χ2v) is 6.88. The lowest BCUT2D eigenvalue weighted by Gasteiger charge is -2.08. The highest BCUT2D eigenvalue weighted by atomic mass is 79.9. The molecule has 0 aliphatic heterocycles. The van der Waals surface area contributed by atoms with Crippen LogP contribution in [-0.4, -0.2) is 23.8 Å². The average Bonchev–Trinajstić information content (AvgIpc) is 2.51. The Bertz CT molecular complexity index is 792. The fraction of sp³-hybridized carbons (Fsp3) is 0.176. The molecule has 2 aromatic carbocycles. The maximum Gasteiger partial charge on any atom is 0.277 e. The molecule has 5 nitrogen and oxygen atoms in total. The van der Waals surface area contributed by atoms with Crippen LogP contribution >= 0.6 is 31.9 Å². The molecule has 0 fully saturated rings. The minimum atomic E-state index is -0.372. The maximum atomic E-state index is 11.8. The lowest BCUT2D eigenvalue weighted by atomic mass is 10.1. The van der Waals surface area contributed by atoms with E-state index in [4.69, 9.17) is 4.74 Å². The van der Waals surface area contributed by atoms with Crippen LogP contribution in [0.2, 0.25) is 0 Å². The first-order chi connectivity index (χ1) is 11.4. The number of phenols is 1. The summed E-state index contributed by atoms with van der Waals surface area (Å²) >= 11 is 6.57. The summed E-state index contributed by atoms with van der Waals surface area (Å²) in [6.07, 6.45) is 1.44. The minimum Gasteiger partial charge on any atom is -0.507 e. The largest absolute Gasteiger partial charge is 0.507 e. The topological polar surface area (TPSA) is 70.9 Å². The Labute approximate surface area is 157 Å². The summed E-state index contributed by atoms with van der Waals surface area (Å²) in [7, 11) is 0. The van der Waals surface area contributed by atoms with Crippen molar-refractivity contribution in [3.63, 3.8) is 0 Å². The monoisotopic (exact) mass is 454 g/mol. The summed E-state index contributed by atoms with van der Waals surface area (Å²) in [5.74, 6) is 0.383. The summed E-state index contributed by atoms with van der Waals surface area (Å²) in [4.78, 5) is 11.8. The van der Waals surface area contributed by atoms with Crippen LogP contribution < -0.4 is 10.2 Å². The average molecular weight is 456 g/mol. The van der Waals surface area contributed by atoms with E-state index in [-0.39, 0.29) is 18.3 Å². The van der Waals surface area contributed by atoms with E-state index < -0.39 is 0 Å². The van der Waals surface area contributed by atoms with Crippen molar-refractivity contribution in [2.24, 2.45) is 5.10 Å². The van der Waals surface area contributed by atoms with Crippen LogP contribution in [0, 0.1) is 13.8 Å². The summed E-state index contributed by atoms with van der Waals surface area (Å²) in [5.41, 5.74) is 5.12. The number of benzene rings is 2. The Morgan fingerprint density at radius 2 is 2.00 bits per heavy atom. The van der Waals surface area contributed by atoms with E-state index in [1.165, 1.54) is 12.3 Å². The van der Waals surface area contributed by atoms with E-state index in [1.54, 1.807) is 6.07 Å². The zero-order valence-electron chi connectivity index (χ0n) is 13.1. The quantitative estimate of drug-likeness (QED) is 0.527. The van der Waals surface area contributed by atoms with Gasteiger partial charge in [0, 0.05) is 10.0 Å². The molecule has 7 heteroatoms. The van der Waals surface area contributed by atoms with Gasteiger partial charge in [-0.05, 0) is 53.5 Å². The Balaban J connectivity index is 1.90. The minimum absolute atomic E-state index is 0.0872. The standard InChI is InChI=1S/C17H16Br2N2O3/c1-10-3-4-16(11(2)5-10)24-9-17(23)21-20-8-12-6-15(22)14(19)7-13(12)18/h3-8,22H,9H2,1-2H3,(H,21,23)/b20-8-. The summed E-state index contributed by atoms with van der Waals surface area (Å²) in [6.45, 7) is 3.79. The van der Waals surface area contributed by atoms with E-state index >= 15 is 0 Å². The van der Waals surface area contributed by atoms with E-state index in [9.17, 15) is 9.90 Å². The number of aromatic hydroxyl groups is 1. The number of phenolic OH excluding ortho intramolecular Hbond substituents is 1. The molecular weight excluding hydrogens is 440 g/mol. The van der Waals surface area contributed by atoms with E-state index in [2.05, 4.69) is 42.4 Å². The molecule has 0 heterocycles. The smallest absolute Gasteiger partial charge is 0.277 e. The van der Waals surface area contributed by atoms with Gasteiger partial charge >= 0.3 is 0 Å². The number of nitrogens with one attached hydrogen (secondary N) is 1. The fourth-order valence-electron chi connectivity index (χ4n) is 1.96. The van der Waals surface area contributed by atoms with Gasteiger partial charge in [-0.25, -0.2) is 5.43 Å². The van der Waals surface area contributed by atoms with Crippen LogP contribution in [0.4, 0.5) is 0 Å². The summed E-state index contributed by atoms with van der Waals surface area (Å²) in [6, 6.07) is 8.97. The number of amides is 1. The second-order valence-electron chi connectivity index (χ2n) is 5.18. The lowest BCUT2D eigenvalue weighted by molar-refractivity contribution is -0.123. The van der Waals surface area contributed by atoms with E-state index in [0.717, 1.165) is 15.6 Å². The predicted octanol–water partition coefficient (Wildman–Crippen LogP) is 4.06. The van der Waals surface area contributed by atoms with Gasteiger partial charge in [-0.1, -0.05) is 33.6 Å². The van der Waals surface area contributed by atoms with Gasteiger partial charge < -0.3 is 9.84 Å². The van der Waals surface area contributed by atoms with Crippen LogP contribution in [0.5, 0.6) is 11.5 Å². The number of carbonyl (C=O) groups is 1. The second kappa shape index (κ2) is 8.30. The van der Waals surface area contributed by atoms with Crippen molar-refractivity contribution < 1.29 is 14.6 Å². The molecule has 2 aromatic rings. The number of hydrogen-bond donors (Lipinski definition) is 2. The van der Waals surface area contributed by atoms with Crippen molar-refractivity contribution in [1.82, 2.24) is 5.43 Å². The van der Waals surface area contributed by atoms with Crippen LogP contribution in [0.3, 0.4) is 0 Å². The van der Waals surface area contributed by atoms with Crippen molar-refractivity contribution in [2.45, 2.75) is 13.8 Å². The molecule has 0 aromatic heterocycles. The molecule has 0 unspecified atom stereocenters. The highest BCUT2D eigenvalue weighted by Gasteiger charge is 2.06. The molecule has 0 spiro atoms. The molecular formula is C17H16Br2N2O3. The Hall–Kier alpha value is -1.86. The molecule has 0 radical (unpaired) electrons. The van der Waals surface area contributed by atoms with Crippen molar-refractivity contribution in [3.8, 4) is 11.5 Å². The van der Waals surface area contributed by atoms with Gasteiger partial charge in [-0.15, -0.1) is 0 Å². The number of ether oxygens (including phenoxy) is 1. The molecule has 0 atom stereocenters. The molecule has 0 bridgehead atoms. The third-order valence-electron chi connectivity index (χ3n) is 3.15. The van der Waals surface area contributed by atoms with Crippen LogP contribution in [0.15, 0.2) is 44.4 Å². The normalized spacial score (nSPS) is 10.8. The van der Waals surface area contributed by atoms with Gasteiger partial charge in [-0.3, -0.25) is 4.79 Å². The van der Waals surface area contributed by atoms with E-state index in [0.29, 0.717) is 15.8 Å². The van der Waals surface area contributed by atoms with Crippen LogP contribution in [0.25, 0.3) is 0 Å². The van der Waals surface area contributed by atoms with Gasteiger partial charge in [-0.2, -0.15) is 5.10 Å². The van der Waals surface area contributed by atoms with Crippen molar-refractivity contribution >= 4 is 44.0 Å². The van der Waals surface area contributed by atoms with Gasteiger partial charge in [0.1, 0.15) is 11.5 Å². The first kappa shape index (κ1) is 18.5. The Kier molecular flexibility index (Phi) is 6.39. The number of hydrazone groups is 1. The molecule has 2 N–H and O–H groups in total. The van der Waals surface area contributed by atoms with Crippen LogP contribution in [-0.2, 0) is 4.79 Å². The molecule has 0 aliphatic carbocycles. The summed E-state index contributed by atoms with van der Waals surface area (Å²) in [5, 5.41) is 13.5. The van der Waals surface area contributed by atoms with E-state index in [1.807, 2.05) is 32.0 Å². The number of carbonyl (C=O) groups excluding carboxylic acids is 1.